The monoisotopic (exact) mass is 778 g/mol. The van der Waals surface area contributed by atoms with Crippen LogP contribution in [0.15, 0.2) is 0 Å². The zero-order valence-corrected chi connectivity index (χ0v) is 28.3. The van der Waals surface area contributed by atoms with E-state index in [9.17, 15) is 81.1 Å². The van der Waals surface area contributed by atoms with Crippen LogP contribution in [0.1, 0.15) is 0 Å². The van der Waals surface area contributed by atoms with Gasteiger partial charge in [-0.1, -0.05) is 0 Å². The average molecular weight is 780 g/mol. The van der Waals surface area contributed by atoms with Gasteiger partial charge in [-0.15, -0.1) is 0 Å². The second-order valence-corrected chi connectivity index (χ2v) is 10.6. The number of carboxylic acids is 2. The van der Waals surface area contributed by atoms with Crippen LogP contribution in [0.4, 0.5) is 0 Å². The van der Waals surface area contributed by atoms with Gasteiger partial charge < -0.3 is 120 Å². The van der Waals surface area contributed by atoms with Crippen LogP contribution < -0.4 is 10.2 Å². The first-order chi connectivity index (χ1) is 22.3. The molecule has 284 valence electrons. The van der Waals surface area contributed by atoms with Crippen molar-refractivity contribution in [3.05, 3.63) is 0 Å². The number of aliphatic hydroxyl groups is 16. The SMILES string of the molecule is O=C([O-])C(O)C(O)C(O[C@@H]1O[C@H](CO)[C@H](O)C(O)[C@H]1O)C(O)CO.O=C([O-])C(O)C(O)C(O[C@@H]1O[C@H](CO)[C@H](O)C(O)[C@H]1O)C(O)CO.[Zn+2]. The van der Waals surface area contributed by atoms with E-state index < -0.39 is 149 Å². The molecule has 2 fully saturated rings. The molecule has 0 aromatic carbocycles. The third-order valence-corrected chi connectivity index (χ3v) is 7.22. The molecule has 2 rings (SSSR count). The number of carbonyl (C=O) groups excluding carboxylic acids is 2. The molecular formula is C24H42O24Zn. The van der Waals surface area contributed by atoms with Crippen molar-refractivity contribution in [2.24, 2.45) is 0 Å². The van der Waals surface area contributed by atoms with E-state index in [1.165, 1.54) is 0 Å². The van der Waals surface area contributed by atoms with Gasteiger partial charge in [0.2, 0.25) is 0 Å². The summed E-state index contributed by atoms with van der Waals surface area (Å²) in [6.45, 7) is -3.58. The molecule has 24 nitrogen and oxygen atoms in total. The van der Waals surface area contributed by atoms with E-state index in [0.29, 0.717) is 0 Å². The van der Waals surface area contributed by atoms with Crippen molar-refractivity contribution in [2.45, 2.75) is 110 Å². The van der Waals surface area contributed by atoms with Gasteiger partial charge in [-0.2, -0.15) is 0 Å². The van der Waals surface area contributed by atoms with E-state index in [1.54, 1.807) is 0 Å². The molecule has 2 aliphatic heterocycles. The summed E-state index contributed by atoms with van der Waals surface area (Å²) < 4.78 is 19.9. The molecule has 0 amide bonds. The number of carbonyl (C=O) groups is 2. The Morgan fingerprint density at radius 3 is 1.06 bits per heavy atom. The molecule has 10 unspecified atom stereocenters. The van der Waals surface area contributed by atoms with Gasteiger partial charge in [0.1, 0.15) is 97.7 Å². The van der Waals surface area contributed by atoms with E-state index in [1.807, 2.05) is 0 Å². The fraction of sp³-hybridized carbons (Fsp3) is 0.917. The summed E-state index contributed by atoms with van der Waals surface area (Å²) in [4.78, 5) is 21.2. The predicted molar refractivity (Wildman–Crippen MR) is 138 cm³/mol. The number of aliphatic hydroxyl groups excluding tert-OH is 16. The fourth-order valence-electron chi connectivity index (χ4n) is 4.31. The molecular weight excluding hydrogens is 738 g/mol. The zero-order chi connectivity index (χ0) is 37.2. The summed E-state index contributed by atoms with van der Waals surface area (Å²) in [5, 5.41) is 173. The minimum absolute atomic E-state index is 0. The molecule has 0 radical (unpaired) electrons. The van der Waals surface area contributed by atoms with Crippen molar-refractivity contribution in [1.82, 2.24) is 0 Å². The molecule has 18 atom stereocenters. The number of rotatable bonds is 16. The summed E-state index contributed by atoms with van der Waals surface area (Å²) in [5.74, 6) is -4.18. The number of ether oxygens (including phenoxy) is 4. The molecule has 0 aliphatic carbocycles. The van der Waals surface area contributed by atoms with Crippen molar-refractivity contribution in [3.63, 3.8) is 0 Å². The topological polar surface area (TPSA) is 441 Å². The number of aliphatic carboxylic acids is 2. The second kappa shape index (κ2) is 22.0. The molecule has 16 N–H and O–H groups in total. The summed E-state index contributed by atoms with van der Waals surface area (Å²) in [7, 11) is 0. The summed E-state index contributed by atoms with van der Waals surface area (Å²) >= 11 is 0. The fourth-order valence-corrected chi connectivity index (χ4v) is 4.31. The predicted octanol–water partition coefficient (Wildman–Crippen LogP) is -14.0. The third-order valence-electron chi connectivity index (χ3n) is 7.22. The maximum absolute atomic E-state index is 10.6. The first-order valence-electron chi connectivity index (χ1n) is 13.9. The summed E-state index contributed by atoms with van der Waals surface area (Å²) in [6.07, 6.45) is -34.5. The van der Waals surface area contributed by atoms with Crippen LogP contribution in [0.3, 0.4) is 0 Å². The minimum atomic E-state index is -2.50. The van der Waals surface area contributed by atoms with E-state index in [0.717, 1.165) is 0 Å². The Hall–Kier alpha value is -1.24. The molecule has 2 aliphatic rings. The van der Waals surface area contributed by atoms with E-state index in [4.69, 9.17) is 39.4 Å². The number of hydrogen-bond acceptors (Lipinski definition) is 24. The van der Waals surface area contributed by atoms with Crippen LogP contribution in [-0.4, -0.2) is 230 Å². The quantitative estimate of drug-likeness (QED) is 0.0647. The Bertz CT molecular complexity index is 888. The third kappa shape index (κ3) is 12.4. The first kappa shape index (κ1) is 47.8. The van der Waals surface area contributed by atoms with Gasteiger partial charge in [-0.05, 0) is 0 Å². The van der Waals surface area contributed by atoms with E-state index in [2.05, 4.69) is 0 Å². The van der Waals surface area contributed by atoms with Gasteiger partial charge in [0.15, 0.2) is 12.6 Å². The normalized spacial score (nSPS) is 35.2. The molecule has 25 heteroatoms. The Morgan fingerprint density at radius 2 is 0.837 bits per heavy atom. The molecule has 0 spiro atoms. The van der Waals surface area contributed by atoms with Crippen LogP contribution in [0.5, 0.6) is 0 Å². The molecule has 0 aromatic rings. The van der Waals surface area contributed by atoms with Crippen molar-refractivity contribution >= 4 is 11.9 Å². The van der Waals surface area contributed by atoms with Crippen LogP contribution in [-0.2, 0) is 48.0 Å². The maximum Gasteiger partial charge on any atom is 2.00 e. The largest absolute Gasteiger partial charge is 2.00 e. The number of hydrogen-bond donors (Lipinski definition) is 16. The van der Waals surface area contributed by atoms with Crippen LogP contribution >= 0.6 is 0 Å². The van der Waals surface area contributed by atoms with E-state index >= 15 is 0 Å². The maximum atomic E-state index is 10.6. The van der Waals surface area contributed by atoms with Crippen molar-refractivity contribution in [3.8, 4) is 0 Å². The van der Waals surface area contributed by atoms with Crippen molar-refractivity contribution in [1.29, 1.82) is 0 Å². The Morgan fingerprint density at radius 1 is 0.551 bits per heavy atom. The van der Waals surface area contributed by atoms with Gasteiger partial charge in [0.05, 0.1) is 38.4 Å². The molecule has 49 heavy (non-hydrogen) atoms. The van der Waals surface area contributed by atoms with Gasteiger partial charge in [0, 0.05) is 0 Å². The second-order valence-electron chi connectivity index (χ2n) is 10.6. The molecule has 0 saturated carbocycles. The van der Waals surface area contributed by atoms with Crippen LogP contribution in [0.25, 0.3) is 0 Å². The Kier molecular flexibility index (Phi) is 21.4. The van der Waals surface area contributed by atoms with Gasteiger partial charge in [-0.25, -0.2) is 0 Å². The van der Waals surface area contributed by atoms with Crippen LogP contribution in [0, 0.1) is 0 Å². The number of carboxylic acid groups (broad SMARTS) is 2. The van der Waals surface area contributed by atoms with Gasteiger partial charge in [0.25, 0.3) is 0 Å². The van der Waals surface area contributed by atoms with Gasteiger partial charge >= 0.3 is 19.5 Å². The van der Waals surface area contributed by atoms with E-state index in [-0.39, 0.29) is 19.5 Å². The Balaban J connectivity index is 0.000000922. The molecule has 2 saturated heterocycles. The summed E-state index contributed by atoms with van der Waals surface area (Å²) in [5.41, 5.74) is 0. The van der Waals surface area contributed by atoms with Crippen molar-refractivity contribution in [2.75, 3.05) is 26.4 Å². The zero-order valence-electron chi connectivity index (χ0n) is 25.3. The first-order valence-corrected chi connectivity index (χ1v) is 13.9. The standard InChI is InChI=1S/2C12H22O12.Zn/c2*13-1-3(15)10(7(18)8(19)11(21)22)24-12-9(20)6(17)5(16)4(2-14)23-12;/h2*3-10,12-20H,1-2H2,(H,21,22);/q;;+2/p-2/t2*3?,4-,5+,6?,7?,8?,9-,10?,12+;/m11./s1. The smallest absolute Gasteiger partial charge is 0.547 e. The van der Waals surface area contributed by atoms with Crippen molar-refractivity contribution < 1.29 is 140 Å². The average Bonchev–Trinajstić information content (AvgIpc) is 3.07. The summed E-state index contributed by atoms with van der Waals surface area (Å²) in [6, 6.07) is 0. The molecule has 2 heterocycles. The van der Waals surface area contributed by atoms with Crippen LogP contribution in [0.2, 0.25) is 0 Å². The Labute approximate surface area is 288 Å². The molecule has 0 aromatic heterocycles. The van der Waals surface area contributed by atoms with Gasteiger partial charge in [-0.3, -0.25) is 0 Å². The molecule has 0 bridgehead atoms. The minimum Gasteiger partial charge on any atom is -0.547 e.